The maximum atomic E-state index is 11.3. The minimum Gasteiger partial charge on any atom is -0.386 e. The van der Waals surface area contributed by atoms with E-state index in [-0.39, 0.29) is 23.1 Å². The van der Waals surface area contributed by atoms with Gasteiger partial charge in [0.2, 0.25) is 0 Å². The predicted molar refractivity (Wildman–Crippen MR) is 85.5 cm³/mol. The number of primary amides is 1. The predicted octanol–water partition coefficient (Wildman–Crippen LogP) is 2.68. The summed E-state index contributed by atoms with van der Waals surface area (Å²) in [6, 6.07) is 6.18. The number of halogens is 3. The summed E-state index contributed by atoms with van der Waals surface area (Å²) in [6.45, 7) is 0.0000454. The van der Waals surface area contributed by atoms with E-state index >= 15 is 0 Å². The highest BCUT2D eigenvalue weighted by Gasteiger charge is 2.17. The van der Waals surface area contributed by atoms with Gasteiger partial charge in [-0.1, -0.05) is 40.9 Å². The Balaban J connectivity index is 2.18. The second kappa shape index (κ2) is 7.11. The topological polar surface area (TPSA) is 101 Å². The molecule has 0 aliphatic rings. The second-order valence-electron chi connectivity index (χ2n) is 4.33. The molecule has 1 heterocycles. The molecule has 0 saturated heterocycles. The number of rotatable bonds is 5. The number of carbonyl (C=O) groups is 1. The third-order valence-corrected chi connectivity index (χ3v) is 3.67. The zero-order chi connectivity index (χ0) is 16.3. The molecule has 0 aliphatic heterocycles. The fourth-order valence-electron chi connectivity index (χ4n) is 1.81. The average Bonchev–Trinajstić information content (AvgIpc) is 2.45. The van der Waals surface area contributed by atoms with Gasteiger partial charge in [0.25, 0.3) is 5.91 Å². The molecule has 0 saturated carbocycles. The molecule has 0 bridgehead atoms. The number of nitrogens with zero attached hydrogens (tertiary/aromatic N) is 2. The van der Waals surface area contributed by atoms with Crippen LogP contribution < -0.4 is 11.1 Å². The maximum Gasteiger partial charge on any atom is 0.252 e. The van der Waals surface area contributed by atoms with Crippen molar-refractivity contribution in [3.05, 3.63) is 50.6 Å². The first-order valence-corrected chi connectivity index (χ1v) is 7.22. The van der Waals surface area contributed by atoms with E-state index in [1.54, 1.807) is 18.2 Å². The number of nitrogens with one attached hydrogen (secondary N) is 1. The molecule has 0 spiro atoms. The van der Waals surface area contributed by atoms with Gasteiger partial charge in [-0.3, -0.25) is 4.79 Å². The Morgan fingerprint density at radius 2 is 1.91 bits per heavy atom. The first kappa shape index (κ1) is 16.8. The number of hydrogen-bond donors (Lipinski definition) is 3. The molecule has 1 atom stereocenters. The average molecular weight is 362 g/mol. The van der Waals surface area contributed by atoms with Gasteiger partial charge in [0.15, 0.2) is 11.0 Å². The number of benzene rings is 1. The Labute approximate surface area is 141 Å². The van der Waals surface area contributed by atoms with Crippen molar-refractivity contribution in [1.29, 1.82) is 0 Å². The number of carbonyl (C=O) groups excluding carboxylic acids is 1. The van der Waals surface area contributed by atoms with Crippen molar-refractivity contribution < 1.29 is 9.90 Å². The molecule has 6 nitrogen and oxygen atoms in total. The first-order valence-electron chi connectivity index (χ1n) is 6.09. The lowest BCUT2D eigenvalue weighted by Gasteiger charge is -2.16. The van der Waals surface area contributed by atoms with Crippen LogP contribution in [0.2, 0.25) is 15.2 Å². The van der Waals surface area contributed by atoms with Crippen molar-refractivity contribution >= 4 is 46.5 Å². The molecular formula is C13H11Cl3N4O2. The highest BCUT2D eigenvalue weighted by Crippen LogP contribution is 2.30. The number of aliphatic hydroxyl groups is 1. The summed E-state index contributed by atoms with van der Waals surface area (Å²) in [6.07, 6.45) is -1.01. The number of aromatic nitrogens is 2. The smallest absolute Gasteiger partial charge is 0.252 e. The molecule has 0 aliphatic carbocycles. The molecule has 2 aromatic rings. The van der Waals surface area contributed by atoms with E-state index in [2.05, 4.69) is 15.5 Å². The molecule has 1 aromatic carbocycles. The summed E-state index contributed by atoms with van der Waals surface area (Å²) in [4.78, 5) is 11.3. The SMILES string of the molecule is NC(=O)c1cc(Cl)nnc1NCC(O)c1c(Cl)cccc1Cl. The lowest BCUT2D eigenvalue weighted by atomic mass is 10.1. The monoisotopic (exact) mass is 360 g/mol. The Bertz CT molecular complexity index is 691. The van der Waals surface area contributed by atoms with Gasteiger partial charge < -0.3 is 16.2 Å². The van der Waals surface area contributed by atoms with Crippen LogP contribution in [0, 0.1) is 0 Å². The highest BCUT2D eigenvalue weighted by atomic mass is 35.5. The van der Waals surface area contributed by atoms with Gasteiger partial charge in [-0.25, -0.2) is 0 Å². The second-order valence-corrected chi connectivity index (χ2v) is 5.53. The van der Waals surface area contributed by atoms with Crippen LogP contribution in [0.15, 0.2) is 24.3 Å². The fraction of sp³-hybridized carbons (Fsp3) is 0.154. The Morgan fingerprint density at radius 3 is 2.50 bits per heavy atom. The van der Waals surface area contributed by atoms with Gasteiger partial charge in [-0.2, -0.15) is 0 Å². The van der Waals surface area contributed by atoms with Crippen LogP contribution in [-0.2, 0) is 0 Å². The number of hydrogen-bond acceptors (Lipinski definition) is 5. The lowest BCUT2D eigenvalue weighted by Crippen LogP contribution is -2.19. The quantitative estimate of drug-likeness (QED) is 0.760. The fourth-order valence-corrected chi connectivity index (χ4v) is 2.61. The molecular weight excluding hydrogens is 351 g/mol. The van der Waals surface area contributed by atoms with Crippen LogP contribution in [-0.4, -0.2) is 27.8 Å². The van der Waals surface area contributed by atoms with Crippen LogP contribution in [0.1, 0.15) is 22.0 Å². The molecule has 22 heavy (non-hydrogen) atoms. The van der Waals surface area contributed by atoms with Crippen molar-refractivity contribution in [3.63, 3.8) is 0 Å². The Hall–Kier alpha value is -1.60. The van der Waals surface area contributed by atoms with Crippen LogP contribution in [0.5, 0.6) is 0 Å². The molecule has 9 heteroatoms. The van der Waals surface area contributed by atoms with Crippen molar-refractivity contribution in [3.8, 4) is 0 Å². The summed E-state index contributed by atoms with van der Waals surface area (Å²) in [5.74, 6) is -0.608. The van der Waals surface area contributed by atoms with E-state index in [9.17, 15) is 9.90 Å². The molecule has 0 fully saturated rings. The summed E-state index contributed by atoms with van der Waals surface area (Å²) < 4.78 is 0. The van der Waals surface area contributed by atoms with Crippen molar-refractivity contribution in [1.82, 2.24) is 10.2 Å². The molecule has 1 aromatic heterocycles. The lowest BCUT2D eigenvalue weighted by molar-refractivity contribution is 0.100. The largest absolute Gasteiger partial charge is 0.386 e. The van der Waals surface area contributed by atoms with Crippen molar-refractivity contribution in [2.45, 2.75) is 6.10 Å². The van der Waals surface area contributed by atoms with E-state index in [4.69, 9.17) is 40.5 Å². The molecule has 1 amide bonds. The van der Waals surface area contributed by atoms with Crippen molar-refractivity contribution in [2.75, 3.05) is 11.9 Å². The number of nitrogens with two attached hydrogens (primary N) is 1. The van der Waals surface area contributed by atoms with Crippen LogP contribution in [0.4, 0.5) is 5.82 Å². The third kappa shape index (κ3) is 3.78. The summed E-state index contributed by atoms with van der Waals surface area (Å²) in [7, 11) is 0. The van der Waals surface area contributed by atoms with Crippen LogP contribution in [0.25, 0.3) is 0 Å². The maximum absolute atomic E-state index is 11.3. The van der Waals surface area contributed by atoms with E-state index < -0.39 is 12.0 Å². The number of aliphatic hydroxyl groups excluding tert-OH is 1. The molecule has 1 unspecified atom stereocenters. The van der Waals surface area contributed by atoms with Gasteiger partial charge in [0, 0.05) is 22.2 Å². The zero-order valence-electron chi connectivity index (χ0n) is 11.1. The highest BCUT2D eigenvalue weighted by molar-refractivity contribution is 6.36. The van der Waals surface area contributed by atoms with E-state index in [1.807, 2.05) is 0 Å². The van der Waals surface area contributed by atoms with Gasteiger partial charge >= 0.3 is 0 Å². The Morgan fingerprint density at radius 1 is 1.27 bits per heavy atom. The van der Waals surface area contributed by atoms with Gasteiger partial charge in [-0.05, 0) is 18.2 Å². The third-order valence-electron chi connectivity index (χ3n) is 2.83. The van der Waals surface area contributed by atoms with E-state index in [0.717, 1.165) is 0 Å². The normalized spacial score (nSPS) is 12.0. The van der Waals surface area contributed by atoms with Crippen molar-refractivity contribution in [2.24, 2.45) is 5.73 Å². The van der Waals surface area contributed by atoms with Crippen LogP contribution >= 0.6 is 34.8 Å². The van der Waals surface area contributed by atoms with Gasteiger partial charge in [0.05, 0.1) is 11.7 Å². The van der Waals surface area contributed by atoms with Gasteiger partial charge in [0.1, 0.15) is 0 Å². The molecule has 0 radical (unpaired) electrons. The summed E-state index contributed by atoms with van der Waals surface area (Å²) >= 11 is 17.7. The minimum absolute atomic E-state index is 0.0000454. The Kier molecular flexibility index (Phi) is 5.42. The van der Waals surface area contributed by atoms with Gasteiger partial charge in [-0.15, -0.1) is 10.2 Å². The number of amides is 1. The summed E-state index contributed by atoms with van der Waals surface area (Å²) in [5.41, 5.74) is 5.68. The minimum atomic E-state index is -1.01. The summed E-state index contributed by atoms with van der Waals surface area (Å²) in [5, 5.41) is 21.0. The van der Waals surface area contributed by atoms with E-state index in [1.165, 1.54) is 6.07 Å². The van der Waals surface area contributed by atoms with E-state index in [0.29, 0.717) is 15.6 Å². The first-order chi connectivity index (χ1) is 10.4. The van der Waals surface area contributed by atoms with Crippen LogP contribution in [0.3, 0.4) is 0 Å². The standard InChI is InChI=1S/C13H11Cl3N4O2/c14-7-2-1-3-8(15)11(7)9(21)5-18-13-6(12(17)22)4-10(16)19-20-13/h1-4,9,21H,5H2,(H2,17,22)(H,18,20). The molecule has 4 N–H and O–H groups in total. The molecule has 116 valence electrons. The zero-order valence-corrected chi connectivity index (χ0v) is 13.3. The number of anilines is 1. The molecule has 2 rings (SSSR count).